The fraction of sp³-hybridized carbons (Fsp3) is 0.571. The van der Waals surface area contributed by atoms with Crippen LogP contribution in [0.5, 0.6) is 5.75 Å². The van der Waals surface area contributed by atoms with Crippen molar-refractivity contribution in [2.45, 2.75) is 34.6 Å². The fourth-order valence-corrected chi connectivity index (χ4v) is 3.50. The van der Waals surface area contributed by atoms with E-state index in [1.165, 1.54) is 5.56 Å². The summed E-state index contributed by atoms with van der Waals surface area (Å²) in [4.78, 5) is 0. The van der Waals surface area contributed by atoms with Crippen LogP contribution in [0.2, 0.25) is 0 Å². The summed E-state index contributed by atoms with van der Waals surface area (Å²) in [5.74, 6) is 0.895. The lowest BCUT2D eigenvalue weighted by atomic mass is 9.97. The Morgan fingerprint density at radius 2 is 1.56 bits per heavy atom. The highest BCUT2D eigenvalue weighted by Crippen LogP contribution is 2.48. The fourth-order valence-electron chi connectivity index (χ4n) is 1.97. The minimum Gasteiger partial charge on any atom is -0.426 e. The van der Waals surface area contributed by atoms with Crippen LogP contribution in [0.1, 0.15) is 30.5 Å². The first-order chi connectivity index (χ1) is 8.37. The zero-order valence-corrected chi connectivity index (χ0v) is 12.6. The van der Waals surface area contributed by atoms with Crippen molar-refractivity contribution in [3.05, 3.63) is 28.8 Å². The van der Waals surface area contributed by atoms with E-state index in [1.54, 1.807) is 0 Å². The maximum absolute atomic E-state index is 5.89. The summed E-state index contributed by atoms with van der Waals surface area (Å²) >= 11 is 0. The minimum absolute atomic E-state index is 0.0829. The molecule has 1 aliphatic heterocycles. The van der Waals surface area contributed by atoms with Crippen LogP contribution in [0.4, 0.5) is 0 Å². The predicted octanol–water partition coefficient (Wildman–Crippen LogP) is 4.29. The van der Waals surface area contributed by atoms with E-state index in [2.05, 4.69) is 46.8 Å². The molecule has 1 aromatic carbocycles. The first-order valence-corrected chi connectivity index (χ1v) is 7.29. The quantitative estimate of drug-likeness (QED) is 0.749. The van der Waals surface area contributed by atoms with Crippen LogP contribution in [0, 0.1) is 26.2 Å². The molecule has 0 spiro atoms. The van der Waals surface area contributed by atoms with Crippen LogP contribution in [-0.2, 0) is 9.05 Å². The molecule has 18 heavy (non-hydrogen) atoms. The molecule has 0 radical (unpaired) electrons. The van der Waals surface area contributed by atoms with E-state index < -0.39 is 8.60 Å². The Labute approximate surface area is 110 Å². The van der Waals surface area contributed by atoms with Crippen molar-refractivity contribution in [2.75, 3.05) is 13.2 Å². The lowest BCUT2D eigenvalue weighted by Crippen LogP contribution is -2.29. The van der Waals surface area contributed by atoms with Crippen molar-refractivity contribution in [3.63, 3.8) is 0 Å². The summed E-state index contributed by atoms with van der Waals surface area (Å²) in [5, 5.41) is 0. The van der Waals surface area contributed by atoms with Crippen LogP contribution in [-0.4, -0.2) is 13.2 Å². The standard InChI is InChI=1S/C14H21O3P/c1-10-6-11(2)13(12(3)7-10)17-18-15-8-14(4,5)9-16-18/h6-7H,8-9H2,1-5H3. The third-order valence-corrected chi connectivity index (χ3v) is 3.90. The predicted molar refractivity (Wildman–Crippen MR) is 73.9 cm³/mol. The molecule has 0 bridgehead atoms. The number of benzene rings is 1. The Kier molecular flexibility index (Phi) is 3.96. The number of aryl methyl sites for hydroxylation is 3. The van der Waals surface area contributed by atoms with Gasteiger partial charge in [0.2, 0.25) is 0 Å². The van der Waals surface area contributed by atoms with Crippen molar-refractivity contribution in [2.24, 2.45) is 5.41 Å². The van der Waals surface area contributed by atoms with Gasteiger partial charge in [0.25, 0.3) is 0 Å². The Morgan fingerprint density at radius 3 is 2.06 bits per heavy atom. The lowest BCUT2D eigenvalue weighted by Gasteiger charge is -2.32. The van der Waals surface area contributed by atoms with Gasteiger partial charge in [-0.15, -0.1) is 0 Å². The number of rotatable bonds is 2. The molecule has 1 heterocycles. The molecule has 1 aliphatic rings. The second kappa shape index (κ2) is 5.16. The third-order valence-electron chi connectivity index (χ3n) is 2.89. The molecular weight excluding hydrogens is 247 g/mol. The van der Waals surface area contributed by atoms with Gasteiger partial charge in [0, 0.05) is 5.41 Å². The largest absolute Gasteiger partial charge is 0.426 e. The summed E-state index contributed by atoms with van der Waals surface area (Å²) in [6.45, 7) is 11.8. The van der Waals surface area contributed by atoms with Gasteiger partial charge in [-0.05, 0) is 31.9 Å². The molecule has 1 aromatic rings. The Bertz CT molecular complexity index is 410. The average molecular weight is 268 g/mol. The van der Waals surface area contributed by atoms with Crippen molar-refractivity contribution in [1.29, 1.82) is 0 Å². The highest BCUT2D eigenvalue weighted by Gasteiger charge is 2.31. The molecular formula is C14H21O3P. The van der Waals surface area contributed by atoms with Crippen molar-refractivity contribution in [1.82, 2.24) is 0 Å². The number of hydrogen-bond acceptors (Lipinski definition) is 3. The van der Waals surface area contributed by atoms with E-state index in [0.717, 1.165) is 16.9 Å². The molecule has 3 nitrogen and oxygen atoms in total. The van der Waals surface area contributed by atoms with Gasteiger partial charge in [-0.1, -0.05) is 31.5 Å². The van der Waals surface area contributed by atoms with E-state index >= 15 is 0 Å². The highest BCUT2D eigenvalue weighted by molar-refractivity contribution is 7.42. The second-order valence-electron chi connectivity index (χ2n) is 5.75. The van der Waals surface area contributed by atoms with Gasteiger partial charge in [-0.2, -0.15) is 0 Å². The summed E-state index contributed by atoms with van der Waals surface area (Å²) < 4.78 is 17.2. The van der Waals surface area contributed by atoms with Gasteiger partial charge in [-0.25, -0.2) is 0 Å². The van der Waals surface area contributed by atoms with Crippen LogP contribution < -0.4 is 4.52 Å². The van der Waals surface area contributed by atoms with Crippen molar-refractivity contribution < 1.29 is 13.6 Å². The number of hydrogen-bond donors (Lipinski definition) is 0. The monoisotopic (exact) mass is 268 g/mol. The molecule has 0 atom stereocenters. The Morgan fingerprint density at radius 1 is 1.06 bits per heavy atom. The molecule has 4 heteroatoms. The first kappa shape index (κ1) is 13.8. The van der Waals surface area contributed by atoms with Gasteiger partial charge in [0.05, 0.1) is 13.2 Å². The molecule has 0 amide bonds. The molecule has 0 aliphatic carbocycles. The second-order valence-corrected chi connectivity index (χ2v) is 6.90. The maximum atomic E-state index is 5.89. The molecule has 100 valence electrons. The zero-order valence-electron chi connectivity index (χ0n) is 11.7. The topological polar surface area (TPSA) is 27.7 Å². The normalized spacial score (nSPS) is 19.8. The van der Waals surface area contributed by atoms with E-state index in [4.69, 9.17) is 13.6 Å². The van der Waals surface area contributed by atoms with Gasteiger partial charge >= 0.3 is 8.60 Å². The molecule has 0 aromatic heterocycles. The molecule has 1 saturated heterocycles. The molecule has 2 rings (SSSR count). The zero-order chi connectivity index (χ0) is 13.3. The summed E-state index contributed by atoms with van der Waals surface area (Å²) in [7, 11) is -1.25. The highest BCUT2D eigenvalue weighted by atomic mass is 31.2. The summed E-state index contributed by atoms with van der Waals surface area (Å²) in [6.07, 6.45) is 0. The van der Waals surface area contributed by atoms with Gasteiger partial charge in [0.1, 0.15) is 5.75 Å². The van der Waals surface area contributed by atoms with Gasteiger partial charge in [-0.3, -0.25) is 0 Å². The van der Waals surface area contributed by atoms with E-state index in [9.17, 15) is 0 Å². The minimum atomic E-state index is -1.25. The smallest absolute Gasteiger partial charge is 0.397 e. The van der Waals surface area contributed by atoms with Crippen LogP contribution in [0.25, 0.3) is 0 Å². The first-order valence-electron chi connectivity index (χ1n) is 6.19. The lowest BCUT2D eigenvalue weighted by molar-refractivity contribution is 0.0425. The van der Waals surface area contributed by atoms with Crippen molar-refractivity contribution in [3.8, 4) is 5.75 Å². The van der Waals surface area contributed by atoms with E-state index in [-0.39, 0.29) is 5.41 Å². The van der Waals surface area contributed by atoms with Crippen LogP contribution >= 0.6 is 8.60 Å². The maximum Gasteiger partial charge on any atom is 0.397 e. The molecule has 0 saturated carbocycles. The van der Waals surface area contributed by atoms with Gasteiger partial charge in [0.15, 0.2) is 0 Å². The van der Waals surface area contributed by atoms with Gasteiger partial charge < -0.3 is 13.6 Å². The average Bonchev–Trinajstić information content (AvgIpc) is 2.25. The molecule has 1 fully saturated rings. The summed E-state index contributed by atoms with van der Waals surface area (Å²) in [5.41, 5.74) is 3.59. The summed E-state index contributed by atoms with van der Waals surface area (Å²) in [6, 6.07) is 4.23. The Balaban J connectivity index is 2.07. The van der Waals surface area contributed by atoms with Crippen LogP contribution in [0.3, 0.4) is 0 Å². The molecule has 0 N–H and O–H groups in total. The van der Waals surface area contributed by atoms with E-state index in [0.29, 0.717) is 13.2 Å². The third kappa shape index (κ3) is 3.23. The molecule has 0 unspecified atom stereocenters. The van der Waals surface area contributed by atoms with Crippen molar-refractivity contribution >= 4 is 8.60 Å². The SMILES string of the molecule is Cc1cc(C)c(OP2OCC(C)(C)CO2)c(C)c1. The van der Waals surface area contributed by atoms with E-state index in [1.807, 2.05) is 0 Å². The Hall–Kier alpha value is -0.630. The van der Waals surface area contributed by atoms with Crippen LogP contribution in [0.15, 0.2) is 12.1 Å².